The molecule has 0 amide bonds. The van der Waals surface area contributed by atoms with Crippen molar-refractivity contribution in [2.75, 3.05) is 0 Å². The second-order valence-electron chi connectivity index (χ2n) is 12.5. The van der Waals surface area contributed by atoms with E-state index in [4.69, 9.17) is 0 Å². The summed E-state index contributed by atoms with van der Waals surface area (Å²) in [7, 11) is 0. The van der Waals surface area contributed by atoms with Gasteiger partial charge in [0.1, 0.15) is 0 Å². The summed E-state index contributed by atoms with van der Waals surface area (Å²) in [5, 5.41) is 4.30. The van der Waals surface area contributed by atoms with Gasteiger partial charge in [0.2, 0.25) is 0 Å². The van der Waals surface area contributed by atoms with Crippen LogP contribution in [0.25, 0.3) is 76.8 Å². The molecule has 0 heterocycles. The van der Waals surface area contributed by atoms with Crippen molar-refractivity contribution < 1.29 is 17.6 Å². The van der Waals surface area contributed by atoms with Crippen LogP contribution in [0.15, 0.2) is 158 Å². The lowest BCUT2D eigenvalue weighted by Gasteiger charge is -2.39. The van der Waals surface area contributed by atoms with Gasteiger partial charge in [0.25, 0.3) is 0 Å². The van der Waals surface area contributed by atoms with Gasteiger partial charge in [-0.3, -0.25) is 0 Å². The van der Waals surface area contributed by atoms with Crippen LogP contribution in [0.5, 0.6) is 0 Å². The monoisotopic (exact) mass is 630 g/mol. The van der Waals surface area contributed by atoms with E-state index < -0.39 is 23.0 Å². The molecule has 4 heteroatoms. The maximum Gasteiger partial charge on any atom is 0.340 e. The van der Waals surface area contributed by atoms with Crippen molar-refractivity contribution in [3.8, 4) is 44.5 Å². The van der Waals surface area contributed by atoms with Crippen LogP contribution in [0.3, 0.4) is 0 Å². The summed E-state index contributed by atoms with van der Waals surface area (Å²) in [6.45, 7) is 0. The Bertz CT molecular complexity index is 2370. The van der Waals surface area contributed by atoms with Gasteiger partial charge in [-0.05, 0) is 113 Å². The molecule has 0 spiro atoms. The first-order chi connectivity index (χ1) is 23.3. The molecule has 0 aliphatic heterocycles. The van der Waals surface area contributed by atoms with E-state index in [1.54, 1.807) is 0 Å². The maximum absolute atomic E-state index is 14.7. The number of hydrogen-bond acceptors (Lipinski definition) is 0. The van der Waals surface area contributed by atoms with Crippen LogP contribution >= 0.6 is 0 Å². The van der Waals surface area contributed by atoms with Crippen molar-refractivity contribution in [3.05, 3.63) is 169 Å². The molecule has 0 bridgehead atoms. The molecule has 0 nitrogen and oxygen atoms in total. The third-order valence-electron chi connectivity index (χ3n) is 9.74. The molecular weight excluding hydrogens is 604 g/mol. The smallest absolute Gasteiger partial charge is 0.194 e. The molecular formula is C44H26F4. The number of benzene rings is 8. The third-order valence-corrected chi connectivity index (χ3v) is 9.74. The molecule has 8 aromatic carbocycles. The average Bonchev–Trinajstić information content (AvgIpc) is 3.14. The van der Waals surface area contributed by atoms with Crippen molar-refractivity contribution in [1.29, 1.82) is 0 Å². The van der Waals surface area contributed by atoms with Crippen molar-refractivity contribution in [2.45, 2.75) is 11.8 Å². The normalized spacial score (nSPS) is 14.6. The molecule has 1 aliphatic rings. The fraction of sp³-hybridized carbons (Fsp3) is 0.0455. The van der Waals surface area contributed by atoms with E-state index in [1.165, 1.54) is 12.1 Å². The number of fused-ring (bicyclic) bond motifs is 7. The molecule has 0 radical (unpaired) electrons. The predicted octanol–water partition coefficient (Wildman–Crippen LogP) is 13.0. The average molecular weight is 631 g/mol. The van der Waals surface area contributed by atoms with Gasteiger partial charge in [-0.15, -0.1) is 0 Å². The van der Waals surface area contributed by atoms with Crippen molar-refractivity contribution >= 4 is 32.3 Å². The highest BCUT2D eigenvalue weighted by Crippen LogP contribution is 2.61. The van der Waals surface area contributed by atoms with E-state index in [2.05, 4.69) is 72.8 Å². The Hall–Kier alpha value is -5.74. The number of halogens is 4. The predicted molar refractivity (Wildman–Crippen MR) is 188 cm³/mol. The van der Waals surface area contributed by atoms with Crippen LogP contribution in [0, 0.1) is 0 Å². The van der Waals surface area contributed by atoms with Crippen LogP contribution in [0.2, 0.25) is 0 Å². The topological polar surface area (TPSA) is 0 Å². The molecule has 8 aromatic rings. The lowest BCUT2D eigenvalue weighted by molar-refractivity contribution is -0.254. The Morgan fingerprint density at radius 3 is 0.958 bits per heavy atom. The lowest BCUT2D eigenvalue weighted by atomic mass is 9.77. The zero-order valence-corrected chi connectivity index (χ0v) is 25.5. The highest BCUT2D eigenvalue weighted by molar-refractivity contribution is 6.26. The van der Waals surface area contributed by atoms with E-state index in [9.17, 15) is 17.6 Å². The highest BCUT2D eigenvalue weighted by Gasteiger charge is 2.69. The van der Waals surface area contributed by atoms with Crippen molar-refractivity contribution in [1.82, 2.24) is 0 Å². The SMILES string of the molecule is FC1(F)c2cc3c4ccc(-c5cccc(-c6ccccc6)c5)cc4c4cc(-c5cccc(-c6ccccc6)c5)ccc4c3cc2C1(F)F. The molecule has 48 heavy (non-hydrogen) atoms. The van der Waals surface area contributed by atoms with Crippen LogP contribution in [-0.4, -0.2) is 0 Å². The molecule has 1 aliphatic carbocycles. The minimum atomic E-state index is -4.21. The van der Waals surface area contributed by atoms with Crippen LogP contribution in [0.1, 0.15) is 11.1 Å². The van der Waals surface area contributed by atoms with Gasteiger partial charge < -0.3 is 0 Å². The van der Waals surface area contributed by atoms with Gasteiger partial charge >= 0.3 is 11.8 Å². The van der Waals surface area contributed by atoms with E-state index in [0.29, 0.717) is 10.8 Å². The quantitative estimate of drug-likeness (QED) is 0.134. The summed E-state index contributed by atoms with van der Waals surface area (Å²) >= 11 is 0. The van der Waals surface area contributed by atoms with Gasteiger partial charge in [-0.2, -0.15) is 17.6 Å². The first-order valence-electron chi connectivity index (χ1n) is 15.9. The Morgan fingerprint density at radius 1 is 0.250 bits per heavy atom. The largest absolute Gasteiger partial charge is 0.340 e. The summed E-state index contributed by atoms with van der Waals surface area (Å²) in [4.78, 5) is 0. The van der Waals surface area contributed by atoms with Crippen LogP contribution in [-0.2, 0) is 11.8 Å². The first-order valence-corrected chi connectivity index (χ1v) is 15.9. The molecule has 0 aromatic heterocycles. The van der Waals surface area contributed by atoms with Gasteiger partial charge in [0.05, 0.1) is 0 Å². The zero-order chi connectivity index (χ0) is 32.6. The summed E-state index contributed by atoms with van der Waals surface area (Å²) in [6.07, 6.45) is 0. The number of rotatable bonds is 4. The molecule has 0 atom stereocenters. The standard InChI is InChI=1S/C44H26F4/c45-43(46)41-25-39-35-19-17-33(31-15-7-13-29(21-31)27-9-3-1-4-10-27)23-37(35)38-24-34(18-20-36(38)40(39)26-42(41)44(43,47)48)32-16-8-14-30(22-32)28-11-5-2-6-12-28/h1-26H. The minimum Gasteiger partial charge on any atom is -0.194 e. The van der Waals surface area contributed by atoms with E-state index in [0.717, 1.165) is 66.1 Å². The second-order valence-corrected chi connectivity index (χ2v) is 12.5. The highest BCUT2D eigenvalue weighted by atomic mass is 19.3. The van der Waals surface area contributed by atoms with Crippen molar-refractivity contribution in [3.63, 3.8) is 0 Å². The summed E-state index contributed by atoms with van der Waals surface area (Å²) < 4.78 is 58.6. The van der Waals surface area contributed by atoms with Crippen LogP contribution < -0.4 is 0 Å². The molecule has 9 rings (SSSR count). The second kappa shape index (κ2) is 10.4. The Kier molecular flexibility index (Phi) is 6.16. The Morgan fingerprint density at radius 2 is 0.562 bits per heavy atom. The van der Waals surface area contributed by atoms with Gasteiger partial charge in [-0.25, -0.2) is 0 Å². The molecule has 0 fully saturated rings. The zero-order valence-electron chi connectivity index (χ0n) is 25.5. The molecule has 0 saturated heterocycles. The van der Waals surface area contributed by atoms with Crippen molar-refractivity contribution in [2.24, 2.45) is 0 Å². The van der Waals surface area contributed by atoms with E-state index in [-0.39, 0.29) is 0 Å². The summed E-state index contributed by atoms with van der Waals surface area (Å²) in [5.74, 6) is -8.41. The molecule has 0 unspecified atom stereocenters. The van der Waals surface area contributed by atoms with Gasteiger partial charge in [0, 0.05) is 11.1 Å². The maximum atomic E-state index is 14.7. The summed E-state index contributed by atoms with van der Waals surface area (Å²) in [6, 6.07) is 51.5. The molecule has 0 saturated carbocycles. The fourth-order valence-electron chi connectivity index (χ4n) is 7.22. The van der Waals surface area contributed by atoms with Crippen LogP contribution in [0.4, 0.5) is 17.6 Å². The third kappa shape index (κ3) is 4.22. The molecule has 230 valence electrons. The Labute approximate surface area is 274 Å². The van der Waals surface area contributed by atoms with E-state index >= 15 is 0 Å². The van der Waals surface area contributed by atoms with Gasteiger partial charge in [0.15, 0.2) is 0 Å². The first kappa shape index (κ1) is 28.5. The van der Waals surface area contributed by atoms with E-state index in [1.807, 2.05) is 72.8 Å². The molecule has 0 N–H and O–H groups in total. The Balaban J connectivity index is 1.29. The van der Waals surface area contributed by atoms with Gasteiger partial charge in [-0.1, -0.05) is 121 Å². The minimum absolute atomic E-state index is 0.537. The lowest BCUT2D eigenvalue weighted by Crippen LogP contribution is -2.46. The summed E-state index contributed by atoms with van der Waals surface area (Å²) in [5.41, 5.74) is 7.15. The number of hydrogen-bond donors (Lipinski definition) is 0. The fourth-order valence-corrected chi connectivity index (χ4v) is 7.22. The number of alkyl halides is 4.